The van der Waals surface area contributed by atoms with Gasteiger partial charge in [-0.3, -0.25) is 0 Å². The Kier molecular flexibility index (Phi) is 4.11. The highest BCUT2D eigenvalue weighted by Crippen LogP contribution is 2.16. The summed E-state index contributed by atoms with van der Waals surface area (Å²) >= 11 is 0. The maximum absolute atomic E-state index is 9.69. The predicted octanol–water partition coefficient (Wildman–Crippen LogP) is 2.02. The first-order chi connectivity index (χ1) is 6.65. The molecule has 0 spiro atoms. The summed E-state index contributed by atoms with van der Waals surface area (Å²) in [7, 11) is 0. The first kappa shape index (κ1) is 11.2. The van der Waals surface area contributed by atoms with Gasteiger partial charge in [-0.25, -0.2) is 0 Å². The van der Waals surface area contributed by atoms with Crippen LogP contribution in [0.15, 0.2) is 24.3 Å². The molecular weight excluding hydrogens is 174 g/mol. The van der Waals surface area contributed by atoms with Crippen LogP contribution in [0.4, 0.5) is 0 Å². The molecule has 1 aromatic rings. The molecule has 1 aromatic carbocycles. The highest BCUT2D eigenvalue weighted by atomic mass is 16.3. The quantitative estimate of drug-likeness (QED) is 0.768. The normalized spacial score (nSPS) is 15.1. The van der Waals surface area contributed by atoms with Crippen LogP contribution in [0.25, 0.3) is 0 Å². The zero-order valence-corrected chi connectivity index (χ0v) is 8.90. The minimum atomic E-state index is -0.550. The van der Waals surface area contributed by atoms with Gasteiger partial charge in [0.2, 0.25) is 0 Å². The maximum atomic E-state index is 9.69. The number of aryl methyl sites for hydroxylation is 1. The molecule has 0 saturated carbocycles. The summed E-state index contributed by atoms with van der Waals surface area (Å²) in [6.07, 6.45) is 1.69. The molecule has 0 saturated heterocycles. The lowest BCUT2D eigenvalue weighted by molar-refractivity contribution is 0.153. The summed E-state index contributed by atoms with van der Waals surface area (Å²) < 4.78 is 0. The van der Waals surface area contributed by atoms with Crippen molar-refractivity contribution in [3.63, 3.8) is 0 Å². The van der Waals surface area contributed by atoms with Crippen LogP contribution in [0.3, 0.4) is 0 Å². The van der Waals surface area contributed by atoms with Gasteiger partial charge in [0.1, 0.15) is 0 Å². The average molecular weight is 193 g/mol. The van der Waals surface area contributed by atoms with Crippen molar-refractivity contribution in [1.82, 2.24) is 0 Å². The van der Waals surface area contributed by atoms with Crippen molar-refractivity contribution in [3.05, 3.63) is 35.4 Å². The Balaban J connectivity index is 2.72. The molecule has 0 fully saturated rings. The molecule has 0 heterocycles. The minimum Gasteiger partial charge on any atom is -0.387 e. The lowest BCUT2D eigenvalue weighted by Crippen LogP contribution is -2.24. The van der Waals surface area contributed by atoms with Gasteiger partial charge >= 0.3 is 0 Å². The monoisotopic (exact) mass is 193 g/mol. The standard InChI is InChI=1S/C12H19NO/c1-3-4-10-5-7-11(8-6-10)12(14)9(2)13/h5-9,12,14H,3-4,13H2,1-2H3. The summed E-state index contributed by atoms with van der Waals surface area (Å²) in [6.45, 7) is 3.97. The van der Waals surface area contributed by atoms with E-state index in [2.05, 4.69) is 19.1 Å². The zero-order chi connectivity index (χ0) is 10.6. The van der Waals surface area contributed by atoms with Crippen LogP contribution in [0.1, 0.15) is 37.5 Å². The van der Waals surface area contributed by atoms with E-state index in [1.807, 2.05) is 19.1 Å². The van der Waals surface area contributed by atoms with Crippen molar-refractivity contribution in [2.24, 2.45) is 5.73 Å². The number of hydrogen-bond acceptors (Lipinski definition) is 2. The van der Waals surface area contributed by atoms with Crippen molar-refractivity contribution in [1.29, 1.82) is 0 Å². The first-order valence-electron chi connectivity index (χ1n) is 5.17. The molecule has 2 unspecified atom stereocenters. The van der Waals surface area contributed by atoms with Gasteiger partial charge in [0.15, 0.2) is 0 Å². The molecule has 2 heteroatoms. The van der Waals surface area contributed by atoms with E-state index < -0.39 is 6.10 Å². The van der Waals surface area contributed by atoms with Crippen molar-refractivity contribution in [2.45, 2.75) is 38.8 Å². The number of aliphatic hydroxyl groups excluding tert-OH is 1. The second-order valence-corrected chi connectivity index (χ2v) is 3.80. The van der Waals surface area contributed by atoms with Crippen molar-refractivity contribution in [2.75, 3.05) is 0 Å². The third-order valence-corrected chi connectivity index (χ3v) is 2.36. The SMILES string of the molecule is CCCc1ccc(C(O)C(C)N)cc1. The molecule has 2 atom stereocenters. The van der Waals surface area contributed by atoms with Crippen LogP contribution in [0.5, 0.6) is 0 Å². The molecule has 0 aliphatic heterocycles. The minimum absolute atomic E-state index is 0.216. The van der Waals surface area contributed by atoms with E-state index in [1.165, 1.54) is 5.56 Å². The summed E-state index contributed by atoms with van der Waals surface area (Å²) in [5, 5.41) is 9.69. The van der Waals surface area contributed by atoms with Crippen molar-refractivity contribution < 1.29 is 5.11 Å². The van der Waals surface area contributed by atoms with Crippen molar-refractivity contribution >= 4 is 0 Å². The van der Waals surface area contributed by atoms with Crippen LogP contribution in [0.2, 0.25) is 0 Å². The molecule has 0 aromatic heterocycles. The zero-order valence-electron chi connectivity index (χ0n) is 8.90. The van der Waals surface area contributed by atoms with Gasteiger partial charge in [0, 0.05) is 6.04 Å². The van der Waals surface area contributed by atoms with Crippen molar-refractivity contribution in [3.8, 4) is 0 Å². The fourth-order valence-corrected chi connectivity index (χ4v) is 1.47. The Bertz CT molecular complexity index is 266. The van der Waals surface area contributed by atoms with Crippen LogP contribution < -0.4 is 5.73 Å². The number of aliphatic hydroxyl groups is 1. The highest BCUT2D eigenvalue weighted by Gasteiger charge is 2.11. The molecular formula is C12H19NO. The lowest BCUT2D eigenvalue weighted by Gasteiger charge is -2.14. The number of nitrogens with two attached hydrogens (primary N) is 1. The number of hydrogen-bond donors (Lipinski definition) is 2. The first-order valence-corrected chi connectivity index (χ1v) is 5.17. The fraction of sp³-hybridized carbons (Fsp3) is 0.500. The largest absolute Gasteiger partial charge is 0.387 e. The van der Waals surface area contributed by atoms with Crippen LogP contribution in [0, 0.1) is 0 Å². The topological polar surface area (TPSA) is 46.2 Å². The molecule has 0 aliphatic carbocycles. The second kappa shape index (κ2) is 5.13. The molecule has 0 amide bonds. The molecule has 14 heavy (non-hydrogen) atoms. The van der Waals surface area contributed by atoms with E-state index in [4.69, 9.17) is 5.73 Å². The van der Waals surface area contributed by atoms with E-state index in [0.717, 1.165) is 18.4 Å². The Morgan fingerprint density at radius 1 is 1.29 bits per heavy atom. The lowest BCUT2D eigenvalue weighted by atomic mass is 10.0. The summed E-state index contributed by atoms with van der Waals surface area (Å²) in [5.41, 5.74) is 7.83. The van der Waals surface area contributed by atoms with Gasteiger partial charge in [0.05, 0.1) is 6.10 Å². The molecule has 0 bridgehead atoms. The van der Waals surface area contributed by atoms with E-state index in [1.54, 1.807) is 0 Å². The van der Waals surface area contributed by atoms with Gasteiger partial charge < -0.3 is 10.8 Å². The second-order valence-electron chi connectivity index (χ2n) is 3.80. The molecule has 0 radical (unpaired) electrons. The summed E-state index contributed by atoms with van der Waals surface area (Å²) in [5.74, 6) is 0. The third kappa shape index (κ3) is 2.82. The predicted molar refractivity (Wildman–Crippen MR) is 59.0 cm³/mol. The maximum Gasteiger partial charge on any atom is 0.0938 e. The van der Waals surface area contributed by atoms with E-state index in [9.17, 15) is 5.11 Å². The van der Waals surface area contributed by atoms with E-state index in [-0.39, 0.29) is 6.04 Å². The molecule has 1 rings (SSSR count). The third-order valence-electron chi connectivity index (χ3n) is 2.36. The molecule has 0 aliphatic rings. The average Bonchev–Trinajstić information content (AvgIpc) is 2.18. The molecule has 2 nitrogen and oxygen atoms in total. The fourth-order valence-electron chi connectivity index (χ4n) is 1.47. The summed E-state index contributed by atoms with van der Waals surface area (Å²) in [4.78, 5) is 0. The Morgan fingerprint density at radius 3 is 2.29 bits per heavy atom. The molecule has 3 N–H and O–H groups in total. The van der Waals surface area contributed by atoms with Gasteiger partial charge in [-0.15, -0.1) is 0 Å². The van der Waals surface area contributed by atoms with Crippen LogP contribution in [-0.4, -0.2) is 11.1 Å². The Hall–Kier alpha value is -0.860. The van der Waals surface area contributed by atoms with Gasteiger partial charge in [-0.2, -0.15) is 0 Å². The number of benzene rings is 1. The Morgan fingerprint density at radius 2 is 1.86 bits per heavy atom. The van der Waals surface area contributed by atoms with Crippen LogP contribution in [-0.2, 0) is 6.42 Å². The van der Waals surface area contributed by atoms with Gasteiger partial charge in [0.25, 0.3) is 0 Å². The number of rotatable bonds is 4. The summed E-state index contributed by atoms with van der Waals surface area (Å²) in [6, 6.07) is 7.82. The molecule has 78 valence electrons. The van der Waals surface area contributed by atoms with E-state index >= 15 is 0 Å². The van der Waals surface area contributed by atoms with Gasteiger partial charge in [-0.05, 0) is 24.5 Å². The van der Waals surface area contributed by atoms with E-state index in [0.29, 0.717) is 0 Å². The van der Waals surface area contributed by atoms with Crippen LogP contribution >= 0.6 is 0 Å². The highest BCUT2D eigenvalue weighted by molar-refractivity contribution is 5.24. The van der Waals surface area contributed by atoms with Gasteiger partial charge in [-0.1, -0.05) is 37.6 Å². The smallest absolute Gasteiger partial charge is 0.0938 e. The Labute approximate surface area is 85.8 Å².